The highest BCUT2D eigenvalue weighted by molar-refractivity contribution is 5.69. The summed E-state index contributed by atoms with van der Waals surface area (Å²) in [5.74, 6) is 1.67. The number of methoxy groups -OCH3 is 1. The van der Waals surface area contributed by atoms with Gasteiger partial charge in [-0.1, -0.05) is 195 Å². The maximum absolute atomic E-state index is 12.1. The van der Waals surface area contributed by atoms with Crippen molar-refractivity contribution in [2.24, 2.45) is 11.8 Å². The van der Waals surface area contributed by atoms with Crippen molar-refractivity contribution >= 4 is 18.5 Å². The lowest BCUT2D eigenvalue weighted by Gasteiger charge is -2.17. The maximum atomic E-state index is 12.1. The van der Waals surface area contributed by atoms with Gasteiger partial charge >= 0.3 is 5.97 Å². The van der Waals surface area contributed by atoms with Gasteiger partial charge in [0.15, 0.2) is 0 Å². The Morgan fingerprint density at radius 3 is 1.30 bits per heavy atom. The highest BCUT2D eigenvalue weighted by Crippen LogP contribution is 2.22. The minimum absolute atomic E-state index is 0.0127. The zero-order chi connectivity index (χ0) is 45.2. The number of carbonyl (C=O) groups is 3. The van der Waals surface area contributed by atoms with Crippen LogP contribution in [0.3, 0.4) is 0 Å². The fraction of sp³-hybridized carbons (Fsp3) is 0.943. The first-order chi connectivity index (χ1) is 29.2. The van der Waals surface area contributed by atoms with Crippen LogP contribution in [0.15, 0.2) is 0 Å². The molecule has 0 aliphatic carbocycles. The SMILES string of the molecule is CC(C)N(C)CC=O.CCCCCC(CCCCC)CCOC.CCCCCC(CCCCC)CCOC(=O)CCCCCCCCC(CCCCCCCCC=O)NC. The normalized spacial score (nSPS) is 11.8. The Hall–Kier alpha value is -1.31. The molecule has 0 radical (unpaired) electrons. The summed E-state index contributed by atoms with van der Waals surface area (Å²) in [7, 11) is 5.84. The van der Waals surface area contributed by atoms with Crippen molar-refractivity contribution in [3.05, 3.63) is 0 Å². The molecule has 0 aromatic heterocycles. The quantitative estimate of drug-likeness (QED) is 0.0371. The Bertz CT molecular complexity index is 820. The first-order valence-electron chi connectivity index (χ1n) is 26.1. The van der Waals surface area contributed by atoms with E-state index in [0.717, 1.165) is 63.1 Å². The number of hydrogen-bond donors (Lipinski definition) is 1. The lowest BCUT2D eigenvalue weighted by atomic mass is 9.92. The van der Waals surface area contributed by atoms with Gasteiger partial charge in [0.2, 0.25) is 0 Å². The molecule has 0 aliphatic rings. The second-order valence-corrected chi connectivity index (χ2v) is 18.2. The molecule has 0 spiro atoms. The highest BCUT2D eigenvalue weighted by Gasteiger charge is 2.11. The van der Waals surface area contributed by atoms with Crippen molar-refractivity contribution in [3.8, 4) is 0 Å². The molecule has 7 nitrogen and oxygen atoms in total. The van der Waals surface area contributed by atoms with Crippen molar-refractivity contribution in [2.45, 2.75) is 272 Å². The second-order valence-electron chi connectivity index (χ2n) is 18.2. The van der Waals surface area contributed by atoms with E-state index in [9.17, 15) is 14.4 Å². The predicted octanol–water partition coefficient (Wildman–Crippen LogP) is 15.1. The number of carbonyl (C=O) groups excluding carboxylic acids is 3. The Morgan fingerprint density at radius 1 is 0.533 bits per heavy atom. The molecule has 0 heterocycles. The molecule has 1 atom stereocenters. The summed E-state index contributed by atoms with van der Waals surface area (Å²) < 4.78 is 10.8. The van der Waals surface area contributed by atoms with Crippen molar-refractivity contribution in [2.75, 3.05) is 41.0 Å². The molecule has 0 saturated heterocycles. The first kappa shape index (κ1) is 63.0. The zero-order valence-corrected chi connectivity index (χ0v) is 42.1. The fourth-order valence-corrected chi connectivity index (χ4v) is 7.75. The van der Waals surface area contributed by atoms with E-state index in [1.807, 2.05) is 19.1 Å². The summed E-state index contributed by atoms with van der Waals surface area (Å²) in [6.45, 7) is 15.3. The number of ether oxygens (including phenoxy) is 2. The summed E-state index contributed by atoms with van der Waals surface area (Å²) in [5, 5.41) is 3.50. The van der Waals surface area contributed by atoms with E-state index in [2.05, 4.69) is 53.9 Å². The number of nitrogens with zero attached hydrogens (tertiary/aromatic N) is 1. The molecule has 0 fully saturated rings. The maximum Gasteiger partial charge on any atom is 0.305 e. The number of nitrogens with one attached hydrogen (secondary N) is 1. The van der Waals surface area contributed by atoms with Crippen molar-refractivity contribution in [1.29, 1.82) is 0 Å². The molecule has 0 aromatic rings. The van der Waals surface area contributed by atoms with E-state index in [0.29, 0.717) is 31.7 Å². The third-order valence-corrected chi connectivity index (χ3v) is 12.3. The molecule has 0 aliphatic heterocycles. The van der Waals surface area contributed by atoms with Crippen LogP contribution in [-0.2, 0) is 23.9 Å². The molecular formula is C53H108N2O5. The topological polar surface area (TPSA) is 84.9 Å². The van der Waals surface area contributed by atoms with Gasteiger partial charge in [-0.25, -0.2) is 0 Å². The zero-order valence-electron chi connectivity index (χ0n) is 42.1. The van der Waals surface area contributed by atoms with Crippen LogP contribution in [0, 0.1) is 11.8 Å². The van der Waals surface area contributed by atoms with Crippen LogP contribution in [0.2, 0.25) is 0 Å². The molecule has 0 rings (SSSR count). The summed E-state index contributed by atoms with van der Waals surface area (Å²) in [5.41, 5.74) is 0. The van der Waals surface area contributed by atoms with Crippen LogP contribution >= 0.6 is 0 Å². The van der Waals surface area contributed by atoms with Crippen LogP contribution in [-0.4, -0.2) is 76.5 Å². The standard InChI is InChI=1S/C33H65NO3.C14H30O.C6H13NO/c1-4-6-17-23-31(24-18-7-5-2)28-30-37-33(36)27-21-15-11-10-14-20-26-32(34-3)25-19-13-9-8-12-16-22-29-35;1-4-6-8-10-14(12-13-15-3)11-9-7-5-2;1-6(2)7(3)4-5-8/h29,31-32,34H,4-28,30H2,1-3H3;14H,4-13H2,1-3H3;5-6H,4H2,1-3H3. The monoisotopic (exact) mass is 853 g/mol. The molecule has 0 aromatic carbocycles. The minimum Gasteiger partial charge on any atom is -0.466 e. The average Bonchev–Trinajstić information content (AvgIpc) is 3.24. The third kappa shape index (κ3) is 51.0. The van der Waals surface area contributed by atoms with Crippen molar-refractivity contribution in [1.82, 2.24) is 10.2 Å². The smallest absolute Gasteiger partial charge is 0.305 e. The predicted molar refractivity (Wildman–Crippen MR) is 262 cm³/mol. The van der Waals surface area contributed by atoms with E-state index in [1.54, 1.807) is 0 Å². The van der Waals surface area contributed by atoms with E-state index in [1.165, 1.54) is 180 Å². The summed E-state index contributed by atoms with van der Waals surface area (Å²) in [6.07, 6.45) is 44.5. The van der Waals surface area contributed by atoms with Crippen LogP contribution in [0.5, 0.6) is 0 Å². The number of rotatable bonds is 44. The summed E-state index contributed by atoms with van der Waals surface area (Å²) in [4.78, 5) is 34.3. The number of esters is 1. The second kappa shape index (κ2) is 53.8. The molecule has 0 amide bonds. The van der Waals surface area contributed by atoms with Gasteiger partial charge in [-0.3, -0.25) is 9.69 Å². The number of unbranched alkanes of at least 4 members (excludes halogenated alkanes) is 19. The van der Waals surface area contributed by atoms with Gasteiger partial charge in [0, 0.05) is 38.6 Å². The Kier molecular flexibility index (Phi) is 56.5. The van der Waals surface area contributed by atoms with Gasteiger partial charge < -0.3 is 24.4 Å². The van der Waals surface area contributed by atoms with Gasteiger partial charge in [-0.05, 0) is 78.3 Å². The third-order valence-electron chi connectivity index (χ3n) is 12.3. The minimum atomic E-state index is 0.0127. The average molecular weight is 853 g/mol. The molecule has 360 valence electrons. The molecule has 0 saturated carbocycles. The number of likely N-dealkylation sites (N-methyl/N-ethyl adjacent to an activating group) is 1. The molecule has 60 heavy (non-hydrogen) atoms. The number of hydrogen-bond acceptors (Lipinski definition) is 7. The van der Waals surface area contributed by atoms with Gasteiger partial charge in [-0.2, -0.15) is 0 Å². The van der Waals surface area contributed by atoms with Crippen LogP contribution in [0.1, 0.15) is 260 Å². The molecular weight excluding hydrogens is 745 g/mol. The van der Waals surface area contributed by atoms with Crippen LogP contribution < -0.4 is 5.32 Å². The van der Waals surface area contributed by atoms with Crippen LogP contribution in [0.4, 0.5) is 0 Å². The van der Waals surface area contributed by atoms with Gasteiger partial charge in [-0.15, -0.1) is 0 Å². The lowest BCUT2D eigenvalue weighted by Crippen LogP contribution is -2.27. The molecule has 1 N–H and O–H groups in total. The first-order valence-corrected chi connectivity index (χ1v) is 26.1. The summed E-state index contributed by atoms with van der Waals surface area (Å²) >= 11 is 0. The summed E-state index contributed by atoms with van der Waals surface area (Å²) in [6, 6.07) is 1.13. The molecule has 1 unspecified atom stereocenters. The highest BCUT2D eigenvalue weighted by atomic mass is 16.5. The van der Waals surface area contributed by atoms with E-state index in [-0.39, 0.29) is 5.97 Å². The van der Waals surface area contributed by atoms with Gasteiger partial charge in [0.1, 0.15) is 12.6 Å². The Labute approximate surface area is 376 Å². The number of aldehydes is 2. The van der Waals surface area contributed by atoms with Gasteiger partial charge in [0.25, 0.3) is 0 Å². The van der Waals surface area contributed by atoms with Crippen molar-refractivity contribution in [3.63, 3.8) is 0 Å². The Balaban J connectivity index is -0.00000115. The van der Waals surface area contributed by atoms with E-state index >= 15 is 0 Å². The lowest BCUT2D eigenvalue weighted by molar-refractivity contribution is -0.144. The van der Waals surface area contributed by atoms with Crippen molar-refractivity contribution < 1.29 is 23.9 Å². The van der Waals surface area contributed by atoms with Gasteiger partial charge in [0.05, 0.1) is 13.2 Å². The molecule has 7 heteroatoms. The van der Waals surface area contributed by atoms with E-state index in [4.69, 9.17) is 9.47 Å². The van der Waals surface area contributed by atoms with E-state index < -0.39 is 0 Å². The fourth-order valence-electron chi connectivity index (χ4n) is 7.75. The largest absolute Gasteiger partial charge is 0.466 e. The Morgan fingerprint density at radius 2 is 0.933 bits per heavy atom. The molecule has 0 bridgehead atoms. The van der Waals surface area contributed by atoms with Crippen LogP contribution in [0.25, 0.3) is 0 Å².